The highest BCUT2D eigenvalue weighted by Gasteiger charge is 2.31. The molecule has 0 heterocycles. The van der Waals surface area contributed by atoms with Gasteiger partial charge in [0.05, 0.1) is 6.54 Å². The molecule has 0 saturated heterocycles. The third-order valence-electron chi connectivity index (χ3n) is 4.22. The molecule has 2 rings (SSSR count). The number of carbonyl (C=O) groups excluding carboxylic acids is 1. The molecule has 3 nitrogen and oxygen atoms in total. The second-order valence-electron chi connectivity index (χ2n) is 5.61. The lowest BCUT2D eigenvalue weighted by Crippen LogP contribution is -2.42. The Balaban J connectivity index is 2.04. The van der Waals surface area contributed by atoms with E-state index in [-0.39, 0.29) is 24.2 Å². The van der Waals surface area contributed by atoms with Crippen LogP contribution in [-0.4, -0.2) is 19.6 Å². The van der Waals surface area contributed by atoms with Crippen molar-refractivity contribution in [2.75, 3.05) is 13.7 Å². The number of hydrogen-bond acceptors (Lipinski definition) is 2. The van der Waals surface area contributed by atoms with Crippen LogP contribution in [0.2, 0.25) is 0 Å². The maximum atomic E-state index is 13.9. The molecule has 0 aromatic heterocycles. The van der Waals surface area contributed by atoms with Crippen LogP contribution < -0.4 is 5.32 Å². The number of ether oxygens (including phenoxy) is 1. The summed E-state index contributed by atoms with van der Waals surface area (Å²) >= 11 is 0. The minimum absolute atomic E-state index is 0.0575. The van der Waals surface area contributed by atoms with Crippen molar-refractivity contribution in [2.45, 2.75) is 38.2 Å². The zero-order valence-corrected chi connectivity index (χ0v) is 12.1. The molecule has 1 aromatic carbocycles. The zero-order chi connectivity index (χ0) is 14.6. The van der Waals surface area contributed by atoms with E-state index in [0.717, 1.165) is 25.7 Å². The first-order valence-corrected chi connectivity index (χ1v) is 7.15. The summed E-state index contributed by atoms with van der Waals surface area (Å²) in [5.41, 5.74) is -0.381. The molecule has 0 spiro atoms. The van der Waals surface area contributed by atoms with E-state index >= 15 is 0 Å². The SMILES string of the molecule is COC(C)(CNC(=O)C1CCCC1)c1ccccc1F. The Kier molecular flexibility index (Phi) is 4.76. The summed E-state index contributed by atoms with van der Waals surface area (Å²) in [5.74, 6) is -0.147. The minimum Gasteiger partial charge on any atom is -0.372 e. The summed E-state index contributed by atoms with van der Waals surface area (Å²) in [7, 11) is 1.54. The molecule has 1 amide bonds. The van der Waals surface area contributed by atoms with Crippen LogP contribution in [0, 0.1) is 11.7 Å². The quantitative estimate of drug-likeness (QED) is 0.900. The van der Waals surface area contributed by atoms with Gasteiger partial charge in [-0.05, 0) is 25.8 Å². The standard InChI is InChI=1S/C16H22FNO2/c1-16(20-2,13-9-5-6-10-14(13)17)11-18-15(19)12-7-3-4-8-12/h5-6,9-10,12H,3-4,7-8,11H2,1-2H3,(H,18,19). The topological polar surface area (TPSA) is 38.3 Å². The van der Waals surface area contributed by atoms with Crippen LogP contribution in [0.4, 0.5) is 4.39 Å². The lowest BCUT2D eigenvalue weighted by Gasteiger charge is -2.29. The first-order chi connectivity index (χ1) is 9.57. The summed E-state index contributed by atoms with van der Waals surface area (Å²) in [6.45, 7) is 2.07. The van der Waals surface area contributed by atoms with Crippen LogP contribution in [0.15, 0.2) is 24.3 Å². The summed E-state index contributed by atoms with van der Waals surface area (Å²) in [6.07, 6.45) is 4.14. The molecule has 0 bridgehead atoms. The molecule has 4 heteroatoms. The minimum atomic E-state index is -0.848. The second kappa shape index (κ2) is 6.35. The third kappa shape index (κ3) is 3.18. The molecule has 1 saturated carbocycles. The maximum Gasteiger partial charge on any atom is 0.223 e. The lowest BCUT2D eigenvalue weighted by molar-refractivity contribution is -0.126. The highest BCUT2D eigenvalue weighted by molar-refractivity contribution is 5.78. The van der Waals surface area contributed by atoms with E-state index in [0.29, 0.717) is 5.56 Å². The van der Waals surface area contributed by atoms with Gasteiger partial charge in [-0.2, -0.15) is 0 Å². The van der Waals surface area contributed by atoms with Crippen LogP contribution in [-0.2, 0) is 15.1 Å². The van der Waals surface area contributed by atoms with Crippen molar-refractivity contribution < 1.29 is 13.9 Å². The normalized spacial score (nSPS) is 18.8. The van der Waals surface area contributed by atoms with Crippen molar-refractivity contribution in [1.29, 1.82) is 0 Å². The molecule has 0 aliphatic heterocycles. The van der Waals surface area contributed by atoms with Crippen LogP contribution >= 0.6 is 0 Å². The molecule has 1 aliphatic carbocycles. The van der Waals surface area contributed by atoms with Gasteiger partial charge in [-0.15, -0.1) is 0 Å². The van der Waals surface area contributed by atoms with Crippen molar-refractivity contribution in [2.24, 2.45) is 5.92 Å². The Morgan fingerprint density at radius 2 is 2.05 bits per heavy atom. The summed E-state index contributed by atoms with van der Waals surface area (Å²) in [4.78, 5) is 12.1. The van der Waals surface area contributed by atoms with Gasteiger partial charge in [0.2, 0.25) is 5.91 Å². The van der Waals surface area contributed by atoms with E-state index in [1.165, 1.54) is 13.2 Å². The molecule has 1 aliphatic rings. The molecule has 110 valence electrons. The van der Waals surface area contributed by atoms with E-state index in [4.69, 9.17) is 4.74 Å². The van der Waals surface area contributed by atoms with Gasteiger partial charge in [-0.1, -0.05) is 31.0 Å². The number of amides is 1. The Morgan fingerprint density at radius 1 is 1.40 bits per heavy atom. The second-order valence-corrected chi connectivity index (χ2v) is 5.61. The number of nitrogens with one attached hydrogen (secondary N) is 1. The molecular formula is C16H22FNO2. The van der Waals surface area contributed by atoms with Gasteiger partial charge in [0.25, 0.3) is 0 Å². The largest absolute Gasteiger partial charge is 0.372 e. The van der Waals surface area contributed by atoms with Gasteiger partial charge < -0.3 is 10.1 Å². The van der Waals surface area contributed by atoms with Crippen molar-refractivity contribution in [3.63, 3.8) is 0 Å². The zero-order valence-electron chi connectivity index (χ0n) is 12.1. The van der Waals surface area contributed by atoms with Gasteiger partial charge in [0.1, 0.15) is 11.4 Å². The fourth-order valence-corrected chi connectivity index (χ4v) is 2.76. The first kappa shape index (κ1) is 15.0. The Labute approximate surface area is 119 Å². The monoisotopic (exact) mass is 279 g/mol. The summed E-state index contributed by atoms with van der Waals surface area (Å²) < 4.78 is 19.4. The van der Waals surface area contributed by atoms with Crippen molar-refractivity contribution in [3.05, 3.63) is 35.6 Å². The number of carbonyl (C=O) groups is 1. The predicted octanol–water partition coefficient (Wildman–Crippen LogP) is 2.99. The molecule has 20 heavy (non-hydrogen) atoms. The third-order valence-corrected chi connectivity index (χ3v) is 4.22. The van der Waals surface area contributed by atoms with Crippen molar-refractivity contribution in [3.8, 4) is 0 Å². The maximum absolute atomic E-state index is 13.9. The number of hydrogen-bond donors (Lipinski definition) is 1. The number of benzene rings is 1. The summed E-state index contributed by atoms with van der Waals surface area (Å²) in [5, 5.41) is 2.91. The van der Waals surface area contributed by atoms with Gasteiger partial charge in [0.15, 0.2) is 0 Å². The van der Waals surface area contributed by atoms with E-state index < -0.39 is 5.60 Å². The predicted molar refractivity (Wildman–Crippen MR) is 75.7 cm³/mol. The molecule has 1 fully saturated rings. The van der Waals surface area contributed by atoms with Crippen LogP contribution in [0.1, 0.15) is 38.2 Å². The fraction of sp³-hybridized carbons (Fsp3) is 0.562. The van der Waals surface area contributed by atoms with E-state index in [9.17, 15) is 9.18 Å². The highest BCUT2D eigenvalue weighted by Crippen LogP contribution is 2.28. The lowest BCUT2D eigenvalue weighted by atomic mass is 9.94. The van der Waals surface area contributed by atoms with Gasteiger partial charge in [-0.25, -0.2) is 4.39 Å². The summed E-state index contributed by atoms with van der Waals surface area (Å²) in [6, 6.07) is 6.52. The van der Waals surface area contributed by atoms with Gasteiger partial charge in [-0.3, -0.25) is 4.79 Å². The number of rotatable bonds is 5. The van der Waals surface area contributed by atoms with Crippen LogP contribution in [0.25, 0.3) is 0 Å². The molecule has 1 N–H and O–H groups in total. The van der Waals surface area contributed by atoms with Crippen LogP contribution in [0.3, 0.4) is 0 Å². The van der Waals surface area contributed by atoms with Crippen molar-refractivity contribution in [1.82, 2.24) is 5.32 Å². The Morgan fingerprint density at radius 3 is 2.65 bits per heavy atom. The molecule has 1 aromatic rings. The molecule has 1 atom stereocenters. The molecule has 1 unspecified atom stereocenters. The average Bonchev–Trinajstić information content (AvgIpc) is 2.99. The van der Waals surface area contributed by atoms with Crippen LogP contribution in [0.5, 0.6) is 0 Å². The smallest absolute Gasteiger partial charge is 0.223 e. The molecule has 0 radical (unpaired) electrons. The van der Waals surface area contributed by atoms with E-state index in [1.54, 1.807) is 25.1 Å². The average molecular weight is 279 g/mol. The number of methoxy groups -OCH3 is 1. The van der Waals surface area contributed by atoms with E-state index in [2.05, 4.69) is 5.32 Å². The first-order valence-electron chi connectivity index (χ1n) is 7.15. The molecular weight excluding hydrogens is 257 g/mol. The van der Waals surface area contributed by atoms with E-state index in [1.807, 2.05) is 0 Å². The Hall–Kier alpha value is -1.42. The van der Waals surface area contributed by atoms with Crippen molar-refractivity contribution >= 4 is 5.91 Å². The highest BCUT2D eigenvalue weighted by atomic mass is 19.1. The van der Waals surface area contributed by atoms with Gasteiger partial charge >= 0.3 is 0 Å². The Bertz CT molecular complexity index is 471. The number of halogens is 1. The van der Waals surface area contributed by atoms with Gasteiger partial charge in [0, 0.05) is 18.6 Å². The fourth-order valence-electron chi connectivity index (χ4n) is 2.76.